The zero-order chi connectivity index (χ0) is 10.3. The molecule has 1 nitrogen and oxygen atoms in total. The van der Waals surface area contributed by atoms with Gasteiger partial charge in [-0.25, -0.2) is 0 Å². The number of fused-ring (bicyclic) bond motifs is 1. The molecule has 0 aliphatic heterocycles. The van der Waals surface area contributed by atoms with E-state index in [-0.39, 0.29) is 0 Å². The molecule has 1 aliphatic rings. The highest BCUT2D eigenvalue weighted by Gasteiger charge is 2.19. The lowest BCUT2D eigenvalue weighted by Crippen LogP contribution is -1.89. The predicted octanol–water partition coefficient (Wildman–Crippen LogP) is 4.40. The summed E-state index contributed by atoms with van der Waals surface area (Å²) in [7, 11) is 0. The van der Waals surface area contributed by atoms with Crippen LogP contribution in [0.4, 0.5) is 0 Å². The molecule has 1 unspecified atom stereocenters. The van der Waals surface area contributed by atoms with Crippen molar-refractivity contribution >= 4 is 26.8 Å². The van der Waals surface area contributed by atoms with E-state index in [0.717, 1.165) is 10.4 Å². The molecule has 1 atom stereocenters. The molecule has 2 aromatic rings. The number of H-pyrrole nitrogens is 1. The molecule has 1 aromatic heterocycles. The number of benzene rings is 1. The lowest BCUT2D eigenvalue weighted by molar-refractivity contribution is 0.736. The van der Waals surface area contributed by atoms with Crippen molar-refractivity contribution in [3.8, 4) is 0 Å². The Kier molecular flexibility index (Phi) is 2.32. The van der Waals surface area contributed by atoms with Gasteiger partial charge in [0.05, 0.1) is 0 Å². The quantitative estimate of drug-likeness (QED) is 0.784. The highest BCUT2D eigenvalue weighted by atomic mass is 79.9. The monoisotopic (exact) mass is 262 g/mol. The van der Waals surface area contributed by atoms with Crippen LogP contribution in [0.5, 0.6) is 0 Å². The molecule has 77 valence electrons. The molecule has 1 radical (unpaired) electrons. The third-order valence-electron chi connectivity index (χ3n) is 3.29. The summed E-state index contributed by atoms with van der Waals surface area (Å²) >= 11 is 3.50. The Morgan fingerprint density at radius 2 is 2.27 bits per heavy atom. The topological polar surface area (TPSA) is 15.8 Å². The molecule has 1 aromatic carbocycles. The first-order chi connectivity index (χ1) is 7.34. The van der Waals surface area contributed by atoms with Crippen molar-refractivity contribution in [2.45, 2.75) is 25.2 Å². The van der Waals surface area contributed by atoms with Gasteiger partial charge in [-0.3, -0.25) is 0 Å². The molecule has 1 heterocycles. The van der Waals surface area contributed by atoms with Gasteiger partial charge < -0.3 is 4.98 Å². The SMILES string of the molecule is Brc1ccc2c(C3C[CH]CC3)c[nH]c2c1. The van der Waals surface area contributed by atoms with Gasteiger partial charge in [0.25, 0.3) is 0 Å². The Labute approximate surface area is 98.0 Å². The van der Waals surface area contributed by atoms with Gasteiger partial charge in [-0.2, -0.15) is 0 Å². The maximum absolute atomic E-state index is 3.50. The van der Waals surface area contributed by atoms with Gasteiger partial charge in [0.2, 0.25) is 0 Å². The van der Waals surface area contributed by atoms with Crippen LogP contribution in [0.2, 0.25) is 0 Å². The van der Waals surface area contributed by atoms with Crippen LogP contribution in [0.25, 0.3) is 10.9 Å². The summed E-state index contributed by atoms with van der Waals surface area (Å²) in [6.07, 6.45) is 8.41. The second kappa shape index (κ2) is 3.67. The van der Waals surface area contributed by atoms with E-state index in [1.54, 1.807) is 0 Å². The average molecular weight is 263 g/mol. The molecule has 0 amide bonds. The Hall–Kier alpha value is -0.760. The largest absolute Gasteiger partial charge is 0.361 e. The van der Waals surface area contributed by atoms with Crippen LogP contribution in [0.15, 0.2) is 28.9 Å². The third-order valence-corrected chi connectivity index (χ3v) is 3.78. The van der Waals surface area contributed by atoms with Crippen LogP contribution in [0.1, 0.15) is 30.7 Å². The fourth-order valence-corrected chi connectivity index (χ4v) is 2.86. The number of hydrogen-bond acceptors (Lipinski definition) is 0. The summed E-state index contributed by atoms with van der Waals surface area (Å²) in [6.45, 7) is 0. The van der Waals surface area contributed by atoms with E-state index in [2.05, 4.69) is 51.7 Å². The first-order valence-electron chi connectivity index (χ1n) is 5.43. The summed E-state index contributed by atoms with van der Waals surface area (Å²) < 4.78 is 1.14. The van der Waals surface area contributed by atoms with E-state index >= 15 is 0 Å². The van der Waals surface area contributed by atoms with Crippen molar-refractivity contribution in [1.29, 1.82) is 0 Å². The van der Waals surface area contributed by atoms with Crippen LogP contribution in [-0.2, 0) is 0 Å². The van der Waals surface area contributed by atoms with Crippen molar-refractivity contribution in [3.05, 3.63) is 40.9 Å². The van der Waals surface area contributed by atoms with Crippen molar-refractivity contribution in [3.63, 3.8) is 0 Å². The minimum Gasteiger partial charge on any atom is -0.361 e. The van der Waals surface area contributed by atoms with E-state index < -0.39 is 0 Å². The highest BCUT2D eigenvalue weighted by molar-refractivity contribution is 9.10. The molecule has 0 bridgehead atoms. The van der Waals surface area contributed by atoms with Gasteiger partial charge in [0, 0.05) is 21.6 Å². The summed E-state index contributed by atoms with van der Waals surface area (Å²) in [5.74, 6) is 0.736. The number of nitrogens with one attached hydrogen (secondary N) is 1. The average Bonchev–Trinajstić information content (AvgIpc) is 2.82. The van der Waals surface area contributed by atoms with Crippen LogP contribution in [0, 0.1) is 6.42 Å². The molecule has 1 N–H and O–H groups in total. The van der Waals surface area contributed by atoms with E-state index in [1.807, 2.05) is 0 Å². The molecular weight excluding hydrogens is 250 g/mol. The first-order valence-corrected chi connectivity index (χ1v) is 6.22. The number of halogens is 1. The minimum atomic E-state index is 0.736. The molecule has 2 heteroatoms. The van der Waals surface area contributed by atoms with E-state index in [1.165, 1.54) is 35.7 Å². The Morgan fingerprint density at radius 1 is 1.33 bits per heavy atom. The lowest BCUT2D eigenvalue weighted by atomic mass is 9.97. The zero-order valence-electron chi connectivity index (χ0n) is 8.46. The molecule has 1 saturated carbocycles. The fraction of sp³-hybridized carbons (Fsp3) is 0.308. The maximum atomic E-state index is 3.50. The van der Waals surface area contributed by atoms with Gasteiger partial charge in [0.1, 0.15) is 0 Å². The molecular formula is C13H13BrN. The molecule has 15 heavy (non-hydrogen) atoms. The highest BCUT2D eigenvalue weighted by Crippen LogP contribution is 2.37. The molecule has 0 spiro atoms. The Morgan fingerprint density at radius 3 is 3.07 bits per heavy atom. The van der Waals surface area contributed by atoms with Gasteiger partial charge in [-0.1, -0.05) is 22.0 Å². The standard InChI is InChI=1S/C13H13BrN/c14-10-5-6-11-12(8-15-13(11)7-10)9-3-1-2-4-9/h1,5-9,15H,2-4H2. The molecule has 1 fully saturated rings. The van der Waals surface area contributed by atoms with Crippen molar-refractivity contribution in [2.24, 2.45) is 0 Å². The zero-order valence-corrected chi connectivity index (χ0v) is 10.0. The van der Waals surface area contributed by atoms with Crippen LogP contribution in [-0.4, -0.2) is 4.98 Å². The van der Waals surface area contributed by atoms with Gasteiger partial charge in [0.15, 0.2) is 0 Å². The van der Waals surface area contributed by atoms with Crippen LogP contribution in [0.3, 0.4) is 0 Å². The van der Waals surface area contributed by atoms with Crippen molar-refractivity contribution in [2.75, 3.05) is 0 Å². The van der Waals surface area contributed by atoms with Crippen LogP contribution < -0.4 is 0 Å². The summed E-state index contributed by atoms with van der Waals surface area (Å²) in [5.41, 5.74) is 2.73. The second-order valence-corrected chi connectivity index (χ2v) is 5.15. The predicted molar refractivity (Wildman–Crippen MR) is 66.9 cm³/mol. The Balaban J connectivity index is 2.11. The number of aromatic nitrogens is 1. The first kappa shape index (κ1) is 9.46. The van der Waals surface area contributed by atoms with Crippen molar-refractivity contribution < 1.29 is 0 Å². The van der Waals surface area contributed by atoms with E-state index in [4.69, 9.17) is 0 Å². The minimum absolute atomic E-state index is 0.736. The molecule has 0 saturated heterocycles. The second-order valence-electron chi connectivity index (χ2n) is 4.23. The lowest BCUT2D eigenvalue weighted by Gasteiger charge is -2.06. The number of rotatable bonds is 1. The van der Waals surface area contributed by atoms with E-state index in [0.29, 0.717) is 0 Å². The Bertz CT molecular complexity index is 480. The van der Waals surface area contributed by atoms with Crippen LogP contribution >= 0.6 is 15.9 Å². The third kappa shape index (κ3) is 1.61. The van der Waals surface area contributed by atoms with Gasteiger partial charge >= 0.3 is 0 Å². The number of hydrogen-bond donors (Lipinski definition) is 1. The van der Waals surface area contributed by atoms with Gasteiger partial charge in [-0.15, -0.1) is 0 Å². The smallest absolute Gasteiger partial charge is 0.0468 e. The summed E-state index contributed by atoms with van der Waals surface area (Å²) in [4.78, 5) is 3.36. The fourth-order valence-electron chi connectivity index (χ4n) is 2.50. The number of aromatic amines is 1. The maximum Gasteiger partial charge on any atom is 0.0468 e. The van der Waals surface area contributed by atoms with Gasteiger partial charge in [-0.05, 0) is 49.3 Å². The molecule has 1 aliphatic carbocycles. The normalized spacial score (nSPS) is 17.7. The molecule has 3 rings (SSSR count). The summed E-state index contributed by atoms with van der Waals surface area (Å²) in [5, 5.41) is 1.39. The van der Waals surface area contributed by atoms with Crippen molar-refractivity contribution in [1.82, 2.24) is 4.98 Å². The van der Waals surface area contributed by atoms with E-state index in [9.17, 15) is 0 Å². The summed E-state index contributed by atoms with van der Waals surface area (Å²) in [6, 6.07) is 6.49.